The molecule has 5 aromatic rings. The Morgan fingerprint density at radius 2 is 1.48 bits per heavy atom. The first-order valence-corrected chi connectivity index (χ1v) is 10.5. The van der Waals surface area contributed by atoms with Crippen LogP contribution in [0.25, 0.3) is 21.7 Å². The van der Waals surface area contributed by atoms with Crippen molar-refractivity contribution in [2.75, 3.05) is 0 Å². The fraction of sp³-hybridized carbons (Fsp3) is 0.0769. The lowest BCUT2D eigenvalue weighted by molar-refractivity contribution is 0.416. The molecule has 0 bridgehead atoms. The van der Waals surface area contributed by atoms with E-state index in [1.54, 1.807) is 49.4 Å². The van der Waals surface area contributed by atoms with Crippen LogP contribution in [0, 0.1) is 6.92 Å². The lowest BCUT2D eigenvalue weighted by atomic mass is 10.1. The van der Waals surface area contributed by atoms with E-state index in [-0.39, 0.29) is 23.5 Å². The number of aromatic nitrogens is 3. The third-order valence-electron chi connectivity index (χ3n) is 5.59. The summed E-state index contributed by atoms with van der Waals surface area (Å²) in [7, 11) is 0. The molecule has 0 unspecified atom stereocenters. The summed E-state index contributed by atoms with van der Waals surface area (Å²) >= 11 is 0. The van der Waals surface area contributed by atoms with Gasteiger partial charge >= 0.3 is 0 Å². The Bertz CT molecular complexity index is 1650. The van der Waals surface area contributed by atoms with Crippen LogP contribution >= 0.6 is 0 Å². The van der Waals surface area contributed by atoms with Crippen LogP contribution in [-0.4, -0.2) is 25.5 Å². The Kier molecular flexibility index (Phi) is 5.06. The molecule has 0 aliphatic carbocycles. The normalized spacial score (nSPS) is 11.5. The van der Waals surface area contributed by atoms with Crippen molar-refractivity contribution in [3.05, 3.63) is 117 Å². The summed E-state index contributed by atoms with van der Waals surface area (Å²) < 4.78 is 2.51. The number of benzene rings is 3. The van der Waals surface area contributed by atoms with Crippen LogP contribution in [-0.2, 0) is 6.54 Å². The molecular formula is C26H20N4O3. The molecule has 0 amide bonds. The Balaban J connectivity index is 1.70. The molecule has 5 rings (SSSR count). The van der Waals surface area contributed by atoms with E-state index in [0.29, 0.717) is 33.1 Å². The maximum absolute atomic E-state index is 13.1. The maximum atomic E-state index is 13.1. The molecule has 0 radical (unpaired) electrons. The monoisotopic (exact) mass is 436 g/mol. The summed E-state index contributed by atoms with van der Waals surface area (Å²) in [4.78, 5) is 30.6. The highest BCUT2D eigenvalue weighted by Gasteiger charge is 2.16. The van der Waals surface area contributed by atoms with E-state index < -0.39 is 0 Å². The predicted octanol–water partition coefficient (Wildman–Crippen LogP) is 3.66. The van der Waals surface area contributed by atoms with E-state index in [4.69, 9.17) is 0 Å². The van der Waals surface area contributed by atoms with Crippen LogP contribution in [0.2, 0.25) is 0 Å². The molecule has 0 fully saturated rings. The van der Waals surface area contributed by atoms with E-state index in [1.807, 2.05) is 36.4 Å². The molecule has 2 heterocycles. The summed E-state index contributed by atoms with van der Waals surface area (Å²) in [6.45, 7) is 1.90. The highest BCUT2D eigenvalue weighted by molar-refractivity contribution is 6.01. The van der Waals surface area contributed by atoms with Crippen molar-refractivity contribution in [1.82, 2.24) is 14.2 Å². The average molecular weight is 436 g/mol. The van der Waals surface area contributed by atoms with Gasteiger partial charge in [0.25, 0.3) is 11.1 Å². The fourth-order valence-electron chi connectivity index (χ4n) is 3.94. The van der Waals surface area contributed by atoms with Gasteiger partial charge in [-0.25, -0.2) is 4.98 Å². The van der Waals surface area contributed by atoms with Crippen molar-refractivity contribution in [3.63, 3.8) is 0 Å². The fourth-order valence-corrected chi connectivity index (χ4v) is 3.94. The van der Waals surface area contributed by atoms with E-state index >= 15 is 0 Å². The Labute approximate surface area is 188 Å². The second kappa shape index (κ2) is 8.20. The van der Waals surface area contributed by atoms with Gasteiger partial charge in [-0.3, -0.25) is 14.2 Å². The molecule has 2 aromatic heterocycles. The van der Waals surface area contributed by atoms with E-state index in [1.165, 1.54) is 15.5 Å². The molecule has 162 valence electrons. The Hall–Kier alpha value is -4.52. The zero-order valence-electron chi connectivity index (χ0n) is 17.8. The van der Waals surface area contributed by atoms with Crippen molar-refractivity contribution in [1.29, 1.82) is 0 Å². The molecule has 0 aliphatic heterocycles. The molecule has 7 nitrogen and oxygen atoms in total. The third kappa shape index (κ3) is 3.59. The van der Waals surface area contributed by atoms with Gasteiger partial charge in [0.05, 0.1) is 29.2 Å². The molecule has 0 saturated heterocycles. The van der Waals surface area contributed by atoms with Crippen LogP contribution in [0.15, 0.2) is 93.6 Å². The minimum atomic E-state index is -0.309. The number of fused-ring (bicyclic) bond motifs is 2. The Morgan fingerprint density at radius 3 is 2.24 bits per heavy atom. The minimum Gasteiger partial charge on any atom is -0.494 e. The predicted molar refractivity (Wildman–Crippen MR) is 129 cm³/mol. The van der Waals surface area contributed by atoms with Gasteiger partial charge in [-0.15, -0.1) is 0 Å². The zero-order valence-corrected chi connectivity index (χ0v) is 17.8. The molecule has 7 heteroatoms. The van der Waals surface area contributed by atoms with E-state index in [2.05, 4.69) is 10.1 Å². The van der Waals surface area contributed by atoms with Crippen LogP contribution < -0.4 is 11.1 Å². The minimum absolute atomic E-state index is 0.202. The molecule has 0 saturated carbocycles. The summed E-state index contributed by atoms with van der Waals surface area (Å²) in [5.74, 6) is 0.196. The smallest absolute Gasteiger partial charge is 0.282 e. The molecule has 0 spiro atoms. The van der Waals surface area contributed by atoms with Crippen LogP contribution in [0.4, 0.5) is 0 Å². The number of pyridine rings is 1. The first-order chi connectivity index (χ1) is 16.0. The number of hydrogen-bond acceptors (Lipinski definition) is 5. The molecule has 33 heavy (non-hydrogen) atoms. The van der Waals surface area contributed by atoms with Crippen molar-refractivity contribution in [2.24, 2.45) is 5.10 Å². The molecular weight excluding hydrogens is 416 g/mol. The van der Waals surface area contributed by atoms with Gasteiger partial charge in [0.15, 0.2) is 0 Å². The first-order valence-electron chi connectivity index (χ1n) is 10.5. The van der Waals surface area contributed by atoms with Gasteiger partial charge in [-0.05, 0) is 30.7 Å². The number of hydrogen-bond donors (Lipinski definition) is 1. The van der Waals surface area contributed by atoms with E-state index in [0.717, 1.165) is 5.56 Å². The summed E-state index contributed by atoms with van der Waals surface area (Å²) in [5, 5.41) is 16.9. The van der Waals surface area contributed by atoms with Crippen molar-refractivity contribution in [3.8, 4) is 5.88 Å². The van der Waals surface area contributed by atoms with Crippen molar-refractivity contribution < 1.29 is 5.11 Å². The Morgan fingerprint density at radius 1 is 0.848 bits per heavy atom. The molecule has 0 aliphatic rings. The summed E-state index contributed by atoms with van der Waals surface area (Å²) in [5.41, 5.74) is 1.20. The number of nitrogens with zero attached hydrogens (tertiary/aromatic N) is 4. The first kappa shape index (κ1) is 20.4. The average Bonchev–Trinajstić information content (AvgIpc) is 2.84. The van der Waals surface area contributed by atoms with E-state index in [9.17, 15) is 14.7 Å². The number of aryl methyl sites for hydroxylation is 1. The quantitative estimate of drug-likeness (QED) is 0.436. The topological polar surface area (TPSA) is 89.5 Å². The van der Waals surface area contributed by atoms with Crippen molar-refractivity contribution in [2.45, 2.75) is 13.5 Å². The maximum Gasteiger partial charge on any atom is 0.282 e. The van der Waals surface area contributed by atoms with Gasteiger partial charge < -0.3 is 5.11 Å². The number of rotatable bonds is 4. The lowest BCUT2D eigenvalue weighted by Gasteiger charge is -2.14. The lowest BCUT2D eigenvalue weighted by Crippen LogP contribution is -2.23. The highest BCUT2D eigenvalue weighted by atomic mass is 16.3. The summed E-state index contributed by atoms with van der Waals surface area (Å²) in [6.07, 6.45) is 1.41. The number of para-hydroxylation sites is 1. The van der Waals surface area contributed by atoms with Crippen LogP contribution in [0.3, 0.4) is 0 Å². The third-order valence-corrected chi connectivity index (χ3v) is 5.59. The second-order valence-corrected chi connectivity index (χ2v) is 7.70. The second-order valence-electron chi connectivity index (χ2n) is 7.70. The van der Waals surface area contributed by atoms with Crippen molar-refractivity contribution >= 4 is 27.9 Å². The van der Waals surface area contributed by atoms with Crippen LogP contribution in [0.1, 0.15) is 17.0 Å². The molecule has 1 N–H and O–H groups in total. The highest BCUT2D eigenvalue weighted by Crippen LogP contribution is 2.24. The molecule has 0 atom stereocenters. The van der Waals surface area contributed by atoms with Gasteiger partial charge in [-0.1, -0.05) is 60.7 Å². The zero-order chi connectivity index (χ0) is 22.9. The largest absolute Gasteiger partial charge is 0.494 e. The van der Waals surface area contributed by atoms with Gasteiger partial charge in [-0.2, -0.15) is 9.78 Å². The standard InChI is InChI=1S/C26H20N4O3/c1-17-28-23-14-8-7-13-21(23)26(33)30(17)27-15-22-19-11-5-6-12-20(19)24(31)29(25(22)32)16-18-9-3-2-4-10-18/h2-15,32H,16H2,1H3. The van der Waals surface area contributed by atoms with Gasteiger partial charge in [0, 0.05) is 10.8 Å². The van der Waals surface area contributed by atoms with Gasteiger partial charge in [0.2, 0.25) is 5.88 Å². The molecule has 3 aromatic carbocycles. The van der Waals surface area contributed by atoms with Gasteiger partial charge in [0.1, 0.15) is 5.82 Å². The number of aromatic hydroxyl groups is 1. The SMILES string of the molecule is Cc1nc2ccccc2c(=O)n1N=Cc1c(O)n(Cc2ccccc2)c(=O)c2ccccc12. The summed E-state index contributed by atoms with van der Waals surface area (Å²) in [6, 6.07) is 23.5. The van der Waals surface area contributed by atoms with Crippen LogP contribution in [0.5, 0.6) is 5.88 Å².